The zero-order valence-electron chi connectivity index (χ0n) is 12.1. The number of aryl methyl sites for hydroxylation is 2. The van der Waals surface area contributed by atoms with Crippen molar-refractivity contribution in [2.45, 2.75) is 26.3 Å². The van der Waals surface area contributed by atoms with Gasteiger partial charge in [-0.3, -0.25) is 9.59 Å². The van der Waals surface area contributed by atoms with Crippen LogP contribution < -0.4 is 5.32 Å². The van der Waals surface area contributed by atoms with Crippen LogP contribution in [-0.2, 0) is 4.79 Å². The van der Waals surface area contributed by atoms with E-state index in [1.165, 1.54) is 11.3 Å². The van der Waals surface area contributed by atoms with E-state index in [1.54, 1.807) is 18.2 Å². The van der Waals surface area contributed by atoms with Gasteiger partial charge in [-0.1, -0.05) is 28.1 Å². The van der Waals surface area contributed by atoms with Gasteiger partial charge in [0.2, 0.25) is 0 Å². The second-order valence-electron chi connectivity index (χ2n) is 4.82. The van der Waals surface area contributed by atoms with Crippen LogP contribution in [0.15, 0.2) is 28.7 Å². The lowest BCUT2D eigenvalue weighted by atomic mass is 10.0. The van der Waals surface area contributed by atoms with Crippen LogP contribution in [0.25, 0.3) is 0 Å². The molecule has 1 aromatic carbocycles. The number of rotatable bonds is 5. The number of aliphatic carboxylic acids is 1. The second kappa shape index (κ2) is 7.02. The SMILES string of the molecule is Cc1nc(C(=O)NC(CC(=O)O)c2cccc(Br)c2)c(C)s1. The van der Waals surface area contributed by atoms with Gasteiger partial charge in [-0.2, -0.15) is 0 Å². The molecule has 1 unspecified atom stereocenters. The Hall–Kier alpha value is -1.73. The van der Waals surface area contributed by atoms with Crippen LogP contribution in [0.3, 0.4) is 0 Å². The molecule has 0 spiro atoms. The third kappa shape index (κ3) is 4.14. The lowest BCUT2D eigenvalue weighted by Gasteiger charge is -2.17. The Morgan fingerprint density at radius 3 is 2.68 bits per heavy atom. The summed E-state index contributed by atoms with van der Waals surface area (Å²) in [6.07, 6.45) is -0.190. The fraction of sp³-hybridized carbons (Fsp3) is 0.267. The van der Waals surface area contributed by atoms with Crippen LogP contribution >= 0.6 is 27.3 Å². The van der Waals surface area contributed by atoms with Crippen molar-refractivity contribution in [2.24, 2.45) is 0 Å². The highest BCUT2D eigenvalue weighted by molar-refractivity contribution is 9.10. The van der Waals surface area contributed by atoms with Crippen molar-refractivity contribution in [1.82, 2.24) is 10.3 Å². The molecule has 0 saturated carbocycles. The van der Waals surface area contributed by atoms with E-state index in [9.17, 15) is 9.59 Å². The number of carboxylic acid groups (broad SMARTS) is 1. The molecule has 22 heavy (non-hydrogen) atoms. The first-order valence-corrected chi connectivity index (χ1v) is 8.20. The summed E-state index contributed by atoms with van der Waals surface area (Å²) in [5.74, 6) is -1.33. The molecule has 0 saturated heterocycles. The van der Waals surface area contributed by atoms with Crippen molar-refractivity contribution in [3.63, 3.8) is 0 Å². The maximum atomic E-state index is 12.4. The minimum atomic E-state index is -0.976. The highest BCUT2D eigenvalue weighted by Crippen LogP contribution is 2.23. The summed E-state index contributed by atoms with van der Waals surface area (Å²) >= 11 is 4.79. The molecule has 1 aromatic heterocycles. The largest absolute Gasteiger partial charge is 0.481 e. The van der Waals surface area contributed by atoms with E-state index in [2.05, 4.69) is 26.2 Å². The fourth-order valence-corrected chi connectivity index (χ4v) is 3.35. The molecule has 5 nitrogen and oxygen atoms in total. The summed E-state index contributed by atoms with van der Waals surface area (Å²) in [6.45, 7) is 3.66. The van der Waals surface area contributed by atoms with Gasteiger partial charge in [-0.15, -0.1) is 11.3 Å². The molecule has 2 aromatic rings. The van der Waals surface area contributed by atoms with E-state index in [0.717, 1.165) is 19.9 Å². The van der Waals surface area contributed by atoms with Gasteiger partial charge in [-0.05, 0) is 31.5 Å². The van der Waals surface area contributed by atoms with Crippen molar-refractivity contribution < 1.29 is 14.7 Å². The average molecular weight is 383 g/mol. The molecule has 1 amide bonds. The molecule has 7 heteroatoms. The molecule has 0 aliphatic carbocycles. The predicted octanol–water partition coefficient (Wildman–Crippen LogP) is 3.47. The molecule has 0 aliphatic rings. The van der Waals surface area contributed by atoms with E-state index in [0.29, 0.717) is 5.69 Å². The number of carboxylic acids is 1. The van der Waals surface area contributed by atoms with E-state index in [4.69, 9.17) is 5.11 Å². The Morgan fingerprint density at radius 2 is 2.14 bits per heavy atom. The van der Waals surface area contributed by atoms with Gasteiger partial charge in [0.1, 0.15) is 5.69 Å². The minimum Gasteiger partial charge on any atom is -0.481 e. The summed E-state index contributed by atoms with van der Waals surface area (Å²) < 4.78 is 0.829. The van der Waals surface area contributed by atoms with Gasteiger partial charge < -0.3 is 10.4 Å². The first-order valence-electron chi connectivity index (χ1n) is 6.59. The van der Waals surface area contributed by atoms with Gasteiger partial charge in [-0.25, -0.2) is 4.98 Å². The van der Waals surface area contributed by atoms with Crippen LogP contribution in [-0.4, -0.2) is 22.0 Å². The molecular weight excluding hydrogens is 368 g/mol. The molecule has 2 rings (SSSR count). The third-order valence-corrected chi connectivity index (χ3v) is 4.43. The predicted molar refractivity (Wildman–Crippen MR) is 88.2 cm³/mol. The van der Waals surface area contributed by atoms with E-state index in [1.807, 2.05) is 19.9 Å². The maximum absolute atomic E-state index is 12.4. The number of hydrogen-bond acceptors (Lipinski definition) is 4. The number of nitrogens with one attached hydrogen (secondary N) is 1. The number of amides is 1. The molecule has 0 aliphatic heterocycles. The monoisotopic (exact) mass is 382 g/mol. The van der Waals surface area contributed by atoms with Crippen molar-refractivity contribution in [3.05, 3.63) is 49.9 Å². The molecule has 0 radical (unpaired) electrons. The van der Waals surface area contributed by atoms with Gasteiger partial charge in [0.25, 0.3) is 5.91 Å². The normalized spacial score (nSPS) is 12.0. The number of aromatic nitrogens is 1. The summed E-state index contributed by atoms with van der Waals surface area (Å²) in [7, 11) is 0. The van der Waals surface area contributed by atoms with Crippen molar-refractivity contribution in [1.29, 1.82) is 0 Å². The Balaban J connectivity index is 2.25. The van der Waals surface area contributed by atoms with Crippen LogP contribution in [0.4, 0.5) is 0 Å². The van der Waals surface area contributed by atoms with Crippen molar-refractivity contribution >= 4 is 39.1 Å². The van der Waals surface area contributed by atoms with Gasteiger partial charge in [0.15, 0.2) is 0 Å². The fourth-order valence-electron chi connectivity index (χ4n) is 2.12. The zero-order chi connectivity index (χ0) is 16.3. The third-order valence-electron chi connectivity index (χ3n) is 3.05. The van der Waals surface area contributed by atoms with E-state index < -0.39 is 12.0 Å². The van der Waals surface area contributed by atoms with Gasteiger partial charge in [0, 0.05) is 9.35 Å². The standard InChI is InChI=1S/C15H15BrN2O3S/c1-8-14(17-9(2)22-8)15(21)18-12(7-13(19)20)10-4-3-5-11(16)6-10/h3-6,12H,7H2,1-2H3,(H,18,21)(H,19,20). The van der Waals surface area contributed by atoms with E-state index in [-0.39, 0.29) is 12.3 Å². The number of benzene rings is 1. The smallest absolute Gasteiger partial charge is 0.305 e. The highest BCUT2D eigenvalue weighted by atomic mass is 79.9. The molecule has 1 heterocycles. The number of thiazole rings is 1. The van der Waals surface area contributed by atoms with Crippen LogP contribution in [0.5, 0.6) is 0 Å². The van der Waals surface area contributed by atoms with E-state index >= 15 is 0 Å². The number of halogens is 1. The Morgan fingerprint density at radius 1 is 1.41 bits per heavy atom. The molecule has 0 fully saturated rings. The average Bonchev–Trinajstić information content (AvgIpc) is 2.76. The van der Waals surface area contributed by atoms with Crippen LogP contribution in [0, 0.1) is 13.8 Å². The Kier molecular flexibility index (Phi) is 5.31. The summed E-state index contributed by atoms with van der Waals surface area (Å²) in [5, 5.41) is 12.7. The van der Waals surface area contributed by atoms with Crippen molar-refractivity contribution in [2.75, 3.05) is 0 Å². The summed E-state index contributed by atoms with van der Waals surface area (Å²) in [4.78, 5) is 28.5. The van der Waals surface area contributed by atoms with Crippen LogP contribution in [0.1, 0.15) is 38.4 Å². The minimum absolute atomic E-state index is 0.190. The Bertz CT molecular complexity index is 715. The molecule has 116 valence electrons. The molecular formula is C15H15BrN2O3S. The quantitative estimate of drug-likeness (QED) is 0.829. The number of carbonyl (C=O) groups is 2. The highest BCUT2D eigenvalue weighted by Gasteiger charge is 2.21. The first-order chi connectivity index (χ1) is 10.4. The van der Waals surface area contributed by atoms with Gasteiger partial charge in [0.05, 0.1) is 17.5 Å². The number of nitrogens with zero attached hydrogens (tertiary/aromatic N) is 1. The summed E-state index contributed by atoms with van der Waals surface area (Å²) in [6, 6.07) is 6.63. The topological polar surface area (TPSA) is 79.3 Å². The zero-order valence-corrected chi connectivity index (χ0v) is 14.5. The number of carbonyl (C=O) groups excluding carboxylic acids is 1. The summed E-state index contributed by atoms with van der Waals surface area (Å²) in [5.41, 5.74) is 1.09. The van der Waals surface area contributed by atoms with Crippen LogP contribution in [0.2, 0.25) is 0 Å². The maximum Gasteiger partial charge on any atom is 0.305 e. The lowest BCUT2D eigenvalue weighted by molar-refractivity contribution is -0.137. The second-order valence-corrected chi connectivity index (χ2v) is 7.14. The van der Waals surface area contributed by atoms with Crippen molar-refractivity contribution in [3.8, 4) is 0 Å². The first kappa shape index (κ1) is 16.6. The molecule has 1 atom stereocenters. The Labute approximate surface area is 140 Å². The lowest BCUT2D eigenvalue weighted by Crippen LogP contribution is -2.30. The molecule has 2 N–H and O–H groups in total. The number of hydrogen-bond donors (Lipinski definition) is 2. The molecule has 0 bridgehead atoms. The van der Waals surface area contributed by atoms with Gasteiger partial charge >= 0.3 is 5.97 Å².